The maximum absolute atomic E-state index is 6.36. The highest BCUT2D eigenvalue weighted by molar-refractivity contribution is 6.50. The summed E-state index contributed by atoms with van der Waals surface area (Å²) in [5.41, 5.74) is 0.158. The molecule has 18 heavy (non-hydrogen) atoms. The topological polar surface area (TPSA) is 18.5 Å². The van der Waals surface area contributed by atoms with Gasteiger partial charge in [-0.3, -0.25) is 0 Å². The van der Waals surface area contributed by atoms with E-state index in [9.17, 15) is 0 Å². The van der Waals surface area contributed by atoms with Gasteiger partial charge in [-0.25, -0.2) is 0 Å². The van der Waals surface area contributed by atoms with E-state index in [1.165, 1.54) is 25.7 Å². The van der Waals surface area contributed by atoms with Crippen LogP contribution >= 0.6 is 0 Å². The summed E-state index contributed by atoms with van der Waals surface area (Å²) in [6.45, 7) is 13.5. The first-order chi connectivity index (χ1) is 8.13. The average molecular weight is 250 g/mol. The van der Waals surface area contributed by atoms with Crippen LogP contribution < -0.4 is 0 Å². The smallest absolute Gasteiger partial charge is 0.403 e. The molecule has 1 heterocycles. The Bertz CT molecular complexity index is 351. The van der Waals surface area contributed by atoms with Crippen molar-refractivity contribution >= 4 is 7.12 Å². The molecule has 1 saturated heterocycles. The number of hydrogen-bond acceptors (Lipinski definition) is 2. The minimum Gasteiger partial charge on any atom is -0.403 e. The van der Waals surface area contributed by atoms with Crippen molar-refractivity contribution in [2.75, 3.05) is 0 Å². The molecular weight excluding hydrogens is 223 g/mol. The first kappa shape index (κ1) is 13.0. The van der Waals surface area contributed by atoms with Crippen LogP contribution in [0.15, 0.2) is 0 Å². The van der Waals surface area contributed by atoms with Gasteiger partial charge in [-0.2, -0.15) is 0 Å². The summed E-state index contributed by atoms with van der Waals surface area (Å²) in [5, 5.41) is 0.278. The lowest BCUT2D eigenvalue weighted by Crippen LogP contribution is -2.41. The quantitative estimate of drug-likeness (QED) is 0.653. The maximum atomic E-state index is 6.36. The first-order valence-corrected chi connectivity index (χ1v) is 7.49. The third kappa shape index (κ3) is 1.38. The van der Waals surface area contributed by atoms with Crippen LogP contribution in [0.4, 0.5) is 0 Å². The van der Waals surface area contributed by atoms with Gasteiger partial charge in [0, 0.05) is 5.31 Å². The summed E-state index contributed by atoms with van der Waals surface area (Å²) in [4.78, 5) is 0. The van der Waals surface area contributed by atoms with Crippen LogP contribution in [0.3, 0.4) is 0 Å². The molecule has 2 nitrogen and oxygen atoms in total. The summed E-state index contributed by atoms with van der Waals surface area (Å²) in [5.74, 6) is 0.722. The van der Waals surface area contributed by atoms with E-state index in [0.717, 1.165) is 5.92 Å². The van der Waals surface area contributed by atoms with Crippen LogP contribution in [-0.2, 0) is 9.31 Å². The summed E-state index contributed by atoms with van der Waals surface area (Å²) < 4.78 is 12.7. The lowest BCUT2D eigenvalue weighted by Gasteiger charge is -2.32. The Hall–Kier alpha value is -0.0151. The summed E-state index contributed by atoms with van der Waals surface area (Å²) >= 11 is 0. The van der Waals surface area contributed by atoms with Crippen molar-refractivity contribution < 1.29 is 9.31 Å². The van der Waals surface area contributed by atoms with Gasteiger partial charge in [-0.05, 0) is 64.7 Å². The second-order valence-corrected chi connectivity index (χ2v) is 8.20. The van der Waals surface area contributed by atoms with Gasteiger partial charge in [0.15, 0.2) is 0 Å². The predicted octanol–water partition coefficient (Wildman–Crippen LogP) is 4.05. The second kappa shape index (κ2) is 3.35. The standard InChI is InChI=1S/C15H27BO2/c1-11-14(6)7-9-15(11,10-8-14)16-17-12(2,3)13(4,5)18-16/h11H,7-10H2,1-6H3/t11-,14?,15?/m0/s1. The second-order valence-electron chi connectivity index (χ2n) is 8.20. The Morgan fingerprint density at radius 2 is 1.28 bits per heavy atom. The van der Waals surface area contributed by atoms with Crippen LogP contribution in [0.5, 0.6) is 0 Å². The third-order valence-electron chi connectivity index (χ3n) is 6.95. The van der Waals surface area contributed by atoms with E-state index in [1.807, 2.05) is 0 Å². The van der Waals surface area contributed by atoms with E-state index in [2.05, 4.69) is 41.5 Å². The van der Waals surface area contributed by atoms with Crippen molar-refractivity contribution in [2.45, 2.75) is 83.7 Å². The monoisotopic (exact) mass is 250 g/mol. The molecule has 1 atom stereocenters. The molecule has 0 unspecified atom stereocenters. The Balaban J connectivity index is 1.90. The van der Waals surface area contributed by atoms with Crippen LogP contribution in [0.2, 0.25) is 5.31 Å². The predicted molar refractivity (Wildman–Crippen MR) is 74.5 cm³/mol. The Morgan fingerprint density at radius 3 is 1.61 bits per heavy atom. The Morgan fingerprint density at radius 1 is 0.833 bits per heavy atom. The zero-order chi connectivity index (χ0) is 13.4. The molecule has 0 spiro atoms. The zero-order valence-electron chi connectivity index (χ0n) is 12.8. The number of rotatable bonds is 1. The fourth-order valence-electron chi connectivity index (χ4n) is 4.36. The highest BCUT2D eigenvalue weighted by atomic mass is 16.7. The van der Waals surface area contributed by atoms with Crippen molar-refractivity contribution in [1.82, 2.24) is 0 Å². The Labute approximate surface area is 112 Å². The minimum atomic E-state index is -0.187. The van der Waals surface area contributed by atoms with Gasteiger partial charge < -0.3 is 9.31 Å². The largest absolute Gasteiger partial charge is 0.464 e. The molecule has 102 valence electrons. The lowest BCUT2D eigenvalue weighted by atomic mass is 9.52. The van der Waals surface area contributed by atoms with Crippen LogP contribution in [0.25, 0.3) is 0 Å². The van der Waals surface area contributed by atoms with Gasteiger partial charge in [0.05, 0.1) is 11.2 Å². The summed E-state index contributed by atoms with van der Waals surface area (Å²) in [6, 6.07) is 0. The van der Waals surface area contributed by atoms with Gasteiger partial charge in [-0.1, -0.05) is 13.8 Å². The molecule has 3 aliphatic rings. The minimum absolute atomic E-state index is 0.00169. The molecule has 0 aromatic heterocycles. The number of fused-ring (bicyclic) bond motifs is 2. The SMILES string of the molecule is C[C@H]1C2(C)CCC1(B1OC(C)(C)C(C)(C)O1)CC2. The van der Waals surface area contributed by atoms with E-state index in [4.69, 9.17) is 9.31 Å². The van der Waals surface area contributed by atoms with Crippen molar-refractivity contribution in [3.8, 4) is 0 Å². The van der Waals surface area contributed by atoms with Crippen LogP contribution in [-0.4, -0.2) is 18.3 Å². The van der Waals surface area contributed by atoms with Crippen molar-refractivity contribution in [1.29, 1.82) is 0 Å². The van der Waals surface area contributed by atoms with E-state index in [0.29, 0.717) is 5.41 Å². The molecule has 1 aliphatic heterocycles. The fourth-order valence-corrected chi connectivity index (χ4v) is 4.36. The first-order valence-electron chi connectivity index (χ1n) is 7.49. The van der Waals surface area contributed by atoms with Crippen molar-refractivity contribution in [3.63, 3.8) is 0 Å². The highest BCUT2D eigenvalue weighted by Crippen LogP contribution is 2.72. The van der Waals surface area contributed by atoms with Crippen molar-refractivity contribution in [2.24, 2.45) is 11.3 Å². The Kier molecular flexibility index (Phi) is 2.42. The van der Waals surface area contributed by atoms with Gasteiger partial charge in [0.25, 0.3) is 0 Å². The molecule has 0 amide bonds. The molecule has 3 rings (SSSR count). The van der Waals surface area contributed by atoms with Gasteiger partial charge >= 0.3 is 7.12 Å². The third-order valence-corrected chi connectivity index (χ3v) is 6.95. The van der Waals surface area contributed by atoms with E-state index < -0.39 is 0 Å². The van der Waals surface area contributed by atoms with E-state index in [-0.39, 0.29) is 23.6 Å². The molecule has 3 heteroatoms. The molecule has 0 N–H and O–H groups in total. The summed E-state index contributed by atoms with van der Waals surface area (Å²) in [6.07, 6.45) is 5.25. The molecule has 0 radical (unpaired) electrons. The average Bonchev–Trinajstić information content (AvgIpc) is 2.73. The molecule has 2 saturated carbocycles. The van der Waals surface area contributed by atoms with E-state index in [1.54, 1.807) is 0 Å². The van der Waals surface area contributed by atoms with Gasteiger partial charge in [0.1, 0.15) is 0 Å². The normalized spacial score (nSPS) is 49.0. The number of hydrogen-bond donors (Lipinski definition) is 0. The van der Waals surface area contributed by atoms with Gasteiger partial charge in [-0.15, -0.1) is 0 Å². The maximum Gasteiger partial charge on any atom is 0.464 e. The van der Waals surface area contributed by atoms with Crippen molar-refractivity contribution in [3.05, 3.63) is 0 Å². The molecular formula is C15H27BO2. The van der Waals surface area contributed by atoms with Crippen LogP contribution in [0, 0.1) is 11.3 Å². The molecule has 3 fully saturated rings. The molecule has 0 aromatic rings. The van der Waals surface area contributed by atoms with E-state index >= 15 is 0 Å². The highest BCUT2D eigenvalue weighted by Gasteiger charge is 2.68. The van der Waals surface area contributed by atoms with Crippen LogP contribution in [0.1, 0.15) is 67.2 Å². The lowest BCUT2D eigenvalue weighted by molar-refractivity contribution is 0.00578. The fraction of sp³-hybridized carbons (Fsp3) is 1.00. The molecule has 2 bridgehead atoms. The molecule has 0 aromatic carbocycles. The summed E-state index contributed by atoms with van der Waals surface area (Å²) in [7, 11) is 0.00169. The zero-order valence-corrected chi connectivity index (χ0v) is 12.8. The van der Waals surface area contributed by atoms with Gasteiger partial charge in [0.2, 0.25) is 0 Å². The molecule has 2 aliphatic carbocycles.